The maximum Gasteiger partial charge on any atom is 0.326 e. The SMILES string of the molecule is CCSCCSCCC(NC=O)C(=O)O. The van der Waals surface area contributed by atoms with Crippen LogP contribution in [0.5, 0.6) is 0 Å². The van der Waals surface area contributed by atoms with E-state index in [9.17, 15) is 9.59 Å². The number of thioether (sulfide) groups is 2. The number of carboxylic acid groups (broad SMARTS) is 1. The first-order valence-corrected chi connectivity index (χ1v) is 7.11. The van der Waals surface area contributed by atoms with Crippen LogP contribution in [0, 0.1) is 0 Å². The fourth-order valence-corrected chi connectivity index (χ4v) is 2.76. The lowest BCUT2D eigenvalue weighted by Gasteiger charge is -2.10. The topological polar surface area (TPSA) is 66.4 Å². The van der Waals surface area contributed by atoms with Crippen LogP contribution < -0.4 is 5.32 Å². The van der Waals surface area contributed by atoms with Crippen molar-refractivity contribution in [3.63, 3.8) is 0 Å². The number of carbonyl (C=O) groups excluding carboxylic acids is 1. The summed E-state index contributed by atoms with van der Waals surface area (Å²) in [4.78, 5) is 20.7. The van der Waals surface area contributed by atoms with Gasteiger partial charge in [-0.15, -0.1) is 0 Å². The first kappa shape index (κ1) is 14.6. The van der Waals surface area contributed by atoms with Gasteiger partial charge in [-0.3, -0.25) is 4.79 Å². The van der Waals surface area contributed by atoms with Gasteiger partial charge >= 0.3 is 5.97 Å². The van der Waals surface area contributed by atoms with E-state index in [0.717, 1.165) is 23.0 Å². The van der Waals surface area contributed by atoms with Crippen LogP contribution in [-0.4, -0.2) is 46.5 Å². The van der Waals surface area contributed by atoms with Crippen molar-refractivity contribution in [3.05, 3.63) is 0 Å². The number of carbonyl (C=O) groups is 2. The Kier molecular flexibility index (Phi) is 9.92. The number of aliphatic carboxylic acids is 1. The number of hydrogen-bond acceptors (Lipinski definition) is 4. The molecule has 0 spiro atoms. The highest BCUT2D eigenvalue weighted by Crippen LogP contribution is 2.09. The summed E-state index contributed by atoms with van der Waals surface area (Å²) in [6.45, 7) is 2.11. The summed E-state index contributed by atoms with van der Waals surface area (Å²) in [5, 5.41) is 11.0. The summed E-state index contributed by atoms with van der Waals surface area (Å²) in [5.74, 6) is 3.05. The monoisotopic (exact) mass is 251 g/mol. The molecule has 0 radical (unpaired) electrons. The van der Waals surface area contributed by atoms with Gasteiger partial charge in [0.2, 0.25) is 6.41 Å². The van der Waals surface area contributed by atoms with Crippen LogP contribution in [0.15, 0.2) is 0 Å². The van der Waals surface area contributed by atoms with Crippen molar-refractivity contribution in [3.8, 4) is 0 Å². The second-order valence-electron chi connectivity index (χ2n) is 2.77. The van der Waals surface area contributed by atoms with Crippen LogP contribution in [0.1, 0.15) is 13.3 Å². The lowest BCUT2D eigenvalue weighted by Crippen LogP contribution is -2.36. The predicted octanol–water partition coefficient (Wildman–Crippen LogP) is 1.06. The molecule has 0 fully saturated rings. The van der Waals surface area contributed by atoms with Crippen molar-refractivity contribution in [1.29, 1.82) is 0 Å². The molecule has 15 heavy (non-hydrogen) atoms. The van der Waals surface area contributed by atoms with Gasteiger partial charge in [-0.2, -0.15) is 23.5 Å². The average molecular weight is 251 g/mol. The van der Waals surface area contributed by atoms with E-state index < -0.39 is 12.0 Å². The molecule has 0 saturated heterocycles. The lowest BCUT2D eigenvalue weighted by atomic mass is 10.2. The zero-order valence-corrected chi connectivity index (χ0v) is 10.4. The van der Waals surface area contributed by atoms with Gasteiger partial charge in [-0.25, -0.2) is 4.79 Å². The van der Waals surface area contributed by atoms with Crippen LogP contribution in [0.25, 0.3) is 0 Å². The van der Waals surface area contributed by atoms with Gasteiger partial charge in [0.15, 0.2) is 0 Å². The quantitative estimate of drug-likeness (QED) is 0.449. The third-order valence-corrected chi connectivity index (χ3v) is 3.87. The highest BCUT2D eigenvalue weighted by atomic mass is 32.2. The Morgan fingerprint density at radius 3 is 2.60 bits per heavy atom. The van der Waals surface area contributed by atoms with Crippen LogP contribution in [0.3, 0.4) is 0 Å². The Morgan fingerprint density at radius 2 is 2.07 bits per heavy atom. The number of amides is 1. The first-order valence-electron chi connectivity index (χ1n) is 4.80. The minimum Gasteiger partial charge on any atom is -0.480 e. The molecule has 6 heteroatoms. The third-order valence-electron chi connectivity index (χ3n) is 1.69. The number of rotatable bonds is 10. The van der Waals surface area contributed by atoms with Gasteiger partial charge in [0.25, 0.3) is 0 Å². The molecule has 0 aromatic rings. The second kappa shape index (κ2) is 10.2. The summed E-state index contributed by atoms with van der Waals surface area (Å²) in [7, 11) is 0. The average Bonchev–Trinajstić information content (AvgIpc) is 2.21. The molecule has 88 valence electrons. The van der Waals surface area contributed by atoms with E-state index in [1.807, 2.05) is 11.8 Å². The van der Waals surface area contributed by atoms with E-state index in [1.54, 1.807) is 11.8 Å². The third kappa shape index (κ3) is 8.62. The molecule has 4 nitrogen and oxygen atoms in total. The normalized spacial score (nSPS) is 12.1. The zero-order valence-electron chi connectivity index (χ0n) is 8.77. The molecule has 1 atom stereocenters. The summed E-state index contributed by atoms with van der Waals surface area (Å²) in [6, 6.07) is -0.742. The van der Waals surface area contributed by atoms with Crippen molar-refractivity contribution in [2.75, 3.05) is 23.0 Å². The maximum atomic E-state index is 10.6. The van der Waals surface area contributed by atoms with Crippen molar-refractivity contribution in [1.82, 2.24) is 5.32 Å². The van der Waals surface area contributed by atoms with E-state index in [0.29, 0.717) is 12.8 Å². The molecule has 1 amide bonds. The molecule has 0 aliphatic heterocycles. The molecular weight excluding hydrogens is 234 g/mol. The Hall–Kier alpha value is -0.360. The van der Waals surface area contributed by atoms with E-state index in [2.05, 4.69) is 12.2 Å². The summed E-state index contributed by atoms with van der Waals surface area (Å²) >= 11 is 3.60. The maximum absolute atomic E-state index is 10.6. The van der Waals surface area contributed by atoms with Crippen molar-refractivity contribution in [2.45, 2.75) is 19.4 Å². The largest absolute Gasteiger partial charge is 0.480 e. The fraction of sp³-hybridized carbons (Fsp3) is 0.778. The zero-order chi connectivity index (χ0) is 11.5. The number of carboxylic acids is 1. The molecule has 0 aromatic heterocycles. The van der Waals surface area contributed by atoms with Crippen LogP contribution in [0.4, 0.5) is 0 Å². The Morgan fingerprint density at radius 1 is 1.40 bits per heavy atom. The molecule has 0 aliphatic carbocycles. The van der Waals surface area contributed by atoms with Crippen molar-refractivity contribution in [2.24, 2.45) is 0 Å². The van der Waals surface area contributed by atoms with E-state index in [-0.39, 0.29) is 0 Å². The van der Waals surface area contributed by atoms with Crippen LogP contribution in [-0.2, 0) is 9.59 Å². The highest BCUT2D eigenvalue weighted by Gasteiger charge is 2.14. The molecule has 0 heterocycles. The highest BCUT2D eigenvalue weighted by molar-refractivity contribution is 8.02. The van der Waals surface area contributed by atoms with Gasteiger partial charge < -0.3 is 10.4 Å². The molecule has 2 N–H and O–H groups in total. The molecule has 0 bridgehead atoms. The van der Waals surface area contributed by atoms with Gasteiger partial charge in [0, 0.05) is 11.5 Å². The van der Waals surface area contributed by atoms with E-state index in [4.69, 9.17) is 5.11 Å². The molecule has 0 aliphatic rings. The molecule has 0 rings (SSSR count). The Balaban J connectivity index is 3.45. The van der Waals surface area contributed by atoms with Gasteiger partial charge in [-0.05, 0) is 17.9 Å². The molecular formula is C9H17NO3S2. The lowest BCUT2D eigenvalue weighted by molar-refractivity contribution is -0.140. The summed E-state index contributed by atoms with van der Waals surface area (Å²) in [6.07, 6.45) is 0.923. The van der Waals surface area contributed by atoms with Gasteiger partial charge in [-0.1, -0.05) is 6.92 Å². The van der Waals surface area contributed by atoms with E-state index in [1.165, 1.54) is 0 Å². The molecule has 1 unspecified atom stereocenters. The number of nitrogens with one attached hydrogen (secondary N) is 1. The van der Waals surface area contributed by atoms with E-state index >= 15 is 0 Å². The minimum absolute atomic E-state index is 0.441. The Labute approximate surface area is 98.6 Å². The first-order chi connectivity index (χ1) is 7.22. The summed E-state index contributed by atoms with van der Waals surface area (Å²) < 4.78 is 0. The predicted molar refractivity (Wildman–Crippen MR) is 65.6 cm³/mol. The standard InChI is InChI=1S/C9H17NO3S2/c1-2-14-5-6-15-4-3-8(9(12)13)10-7-11/h7-8H,2-6H2,1H3,(H,10,11)(H,12,13). The smallest absolute Gasteiger partial charge is 0.326 e. The van der Waals surface area contributed by atoms with Crippen LogP contribution >= 0.6 is 23.5 Å². The second-order valence-corrected chi connectivity index (χ2v) is 5.39. The van der Waals surface area contributed by atoms with Crippen molar-refractivity contribution < 1.29 is 14.7 Å². The fourth-order valence-electron chi connectivity index (χ4n) is 0.926. The molecule has 0 aromatic carbocycles. The Bertz CT molecular complexity index is 190. The molecule has 0 saturated carbocycles. The number of hydrogen-bond donors (Lipinski definition) is 2. The van der Waals surface area contributed by atoms with Gasteiger partial charge in [0.05, 0.1) is 0 Å². The van der Waals surface area contributed by atoms with Crippen LogP contribution in [0.2, 0.25) is 0 Å². The summed E-state index contributed by atoms with van der Waals surface area (Å²) in [5.41, 5.74) is 0. The van der Waals surface area contributed by atoms with Gasteiger partial charge in [0.1, 0.15) is 6.04 Å². The van der Waals surface area contributed by atoms with Crippen molar-refractivity contribution >= 4 is 35.9 Å². The minimum atomic E-state index is -0.967.